The molecule has 0 unspecified atom stereocenters. The molecule has 2 N–H and O–H groups in total. The van der Waals surface area contributed by atoms with Crippen LogP contribution in [-0.4, -0.2) is 36.2 Å². The Labute approximate surface area is 125 Å². The maximum Gasteiger partial charge on any atom is 0.248 e. The number of phenolic OH excluding ortho intramolecular Hbond substituents is 1. The number of hydrogen-bond acceptors (Lipinski definition) is 6. The van der Waals surface area contributed by atoms with Gasteiger partial charge in [0, 0.05) is 18.0 Å². The molecule has 0 aliphatic heterocycles. The molecule has 22 heavy (non-hydrogen) atoms. The van der Waals surface area contributed by atoms with Crippen molar-refractivity contribution in [3.8, 4) is 17.1 Å². The van der Waals surface area contributed by atoms with Crippen molar-refractivity contribution >= 4 is 11.6 Å². The predicted octanol–water partition coefficient (Wildman–Crippen LogP) is 1.08. The predicted molar refractivity (Wildman–Crippen MR) is 77.8 cm³/mol. The van der Waals surface area contributed by atoms with Gasteiger partial charge in [-0.2, -0.15) is 4.80 Å². The quantitative estimate of drug-likeness (QED) is 0.698. The van der Waals surface area contributed by atoms with Crippen LogP contribution in [0.3, 0.4) is 0 Å². The van der Waals surface area contributed by atoms with Gasteiger partial charge in [-0.1, -0.05) is 12.1 Å². The number of carbonyl (C=O) groups is 1. The molecule has 8 heteroatoms. The minimum absolute atomic E-state index is 0.00144. The first-order chi connectivity index (χ1) is 10.7. The van der Waals surface area contributed by atoms with E-state index in [9.17, 15) is 9.90 Å². The zero-order chi connectivity index (χ0) is 15.4. The average molecular weight is 296 g/mol. The molecule has 0 spiro atoms. The number of tetrazole rings is 1. The summed E-state index contributed by atoms with van der Waals surface area (Å²) in [6.45, 7) is -0.110. The molecule has 0 atom stereocenters. The molecule has 110 valence electrons. The molecule has 3 aromatic rings. The van der Waals surface area contributed by atoms with Gasteiger partial charge < -0.3 is 10.4 Å². The van der Waals surface area contributed by atoms with E-state index in [1.165, 1.54) is 10.9 Å². The van der Waals surface area contributed by atoms with Crippen LogP contribution in [0.2, 0.25) is 0 Å². The first kappa shape index (κ1) is 13.7. The van der Waals surface area contributed by atoms with Crippen LogP contribution in [-0.2, 0) is 11.3 Å². The van der Waals surface area contributed by atoms with Crippen LogP contribution < -0.4 is 5.32 Å². The third kappa shape index (κ3) is 3.06. The van der Waals surface area contributed by atoms with Crippen molar-refractivity contribution in [2.75, 3.05) is 5.32 Å². The third-order valence-corrected chi connectivity index (χ3v) is 2.84. The van der Waals surface area contributed by atoms with Crippen LogP contribution in [0.1, 0.15) is 0 Å². The number of benzene rings is 1. The zero-order valence-electron chi connectivity index (χ0n) is 11.4. The summed E-state index contributed by atoms with van der Waals surface area (Å²) in [5.41, 5.74) is 1.05. The monoisotopic (exact) mass is 296 g/mol. The summed E-state index contributed by atoms with van der Waals surface area (Å²) in [6.07, 6.45) is 3.26. The number of carbonyl (C=O) groups excluding carboxylic acids is 1. The summed E-state index contributed by atoms with van der Waals surface area (Å²) in [5, 5.41) is 24.0. The average Bonchev–Trinajstić information content (AvgIpc) is 2.99. The van der Waals surface area contributed by atoms with Crippen molar-refractivity contribution in [2.24, 2.45) is 0 Å². The molecule has 0 aliphatic carbocycles. The molecule has 8 nitrogen and oxygen atoms in total. The number of amides is 1. The van der Waals surface area contributed by atoms with Crippen molar-refractivity contribution < 1.29 is 9.90 Å². The molecular weight excluding hydrogens is 284 g/mol. The molecule has 0 saturated carbocycles. The van der Waals surface area contributed by atoms with Gasteiger partial charge in [0.05, 0.1) is 5.69 Å². The van der Waals surface area contributed by atoms with Crippen LogP contribution in [0.15, 0.2) is 48.8 Å². The normalized spacial score (nSPS) is 10.4. The van der Waals surface area contributed by atoms with Crippen molar-refractivity contribution in [1.82, 2.24) is 25.2 Å². The number of rotatable bonds is 4. The summed E-state index contributed by atoms with van der Waals surface area (Å²) in [5.74, 6) is 0.0264. The number of aromatic hydroxyl groups is 1. The molecule has 0 radical (unpaired) electrons. The second-order valence-corrected chi connectivity index (χ2v) is 4.45. The summed E-state index contributed by atoms with van der Waals surface area (Å²) in [7, 11) is 0. The lowest BCUT2D eigenvalue weighted by atomic mass is 10.3. The fourth-order valence-corrected chi connectivity index (χ4v) is 1.82. The molecule has 0 saturated heterocycles. The number of nitrogens with one attached hydrogen (secondary N) is 1. The highest BCUT2D eigenvalue weighted by Gasteiger charge is 2.10. The van der Waals surface area contributed by atoms with E-state index in [0.29, 0.717) is 11.5 Å². The lowest BCUT2D eigenvalue weighted by Gasteiger charge is -2.05. The summed E-state index contributed by atoms with van der Waals surface area (Å²) >= 11 is 0. The molecule has 1 aromatic carbocycles. The Bertz CT molecular complexity index is 787. The molecule has 1 amide bonds. The van der Waals surface area contributed by atoms with Crippen molar-refractivity contribution in [2.45, 2.75) is 6.54 Å². The van der Waals surface area contributed by atoms with Gasteiger partial charge in [0.1, 0.15) is 12.3 Å². The summed E-state index contributed by atoms with van der Waals surface area (Å²) < 4.78 is 0. The number of hydrogen-bond donors (Lipinski definition) is 2. The first-order valence-electron chi connectivity index (χ1n) is 6.48. The maximum absolute atomic E-state index is 11.9. The van der Waals surface area contributed by atoms with Gasteiger partial charge in [-0.25, -0.2) is 0 Å². The number of para-hydroxylation sites is 2. The Kier molecular flexibility index (Phi) is 3.73. The van der Waals surface area contributed by atoms with Gasteiger partial charge in [0.25, 0.3) is 0 Å². The van der Waals surface area contributed by atoms with Crippen LogP contribution in [0, 0.1) is 0 Å². The molecule has 3 rings (SSSR count). The lowest BCUT2D eigenvalue weighted by Crippen LogP contribution is -2.20. The lowest BCUT2D eigenvalue weighted by molar-refractivity contribution is -0.117. The van der Waals surface area contributed by atoms with Gasteiger partial charge in [-0.3, -0.25) is 9.78 Å². The van der Waals surface area contributed by atoms with Crippen LogP contribution in [0.25, 0.3) is 11.4 Å². The van der Waals surface area contributed by atoms with Gasteiger partial charge in [-0.05, 0) is 29.5 Å². The Morgan fingerprint density at radius 3 is 2.86 bits per heavy atom. The van der Waals surface area contributed by atoms with E-state index in [2.05, 4.69) is 25.7 Å². The van der Waals surface area contributed by atoms with Gasteiger partial charge in [0.2, 0.25) is 11.7 Å². The Hall–Kier alpha value is -3.29. The smallest absolute Gasteiger partial charge is 0.248 e. The number of pyridine rings is 1. The largest absolute Gasteiger partial charge is 0.506 e. The second-order valence-electron chi connectivity index (χ2n) is 4.45. The number of aromatic nitrogens is 5. The van der Waals surface area contributed by atoms with E-state index < -0.39 is 0 Å². The van der Waals surface area contributed by atoms with E-state index in [4.69, 9.17) is 0 Å². The molecule has 2 heterocycles. The highest BCUT2D eigenvalue weighted by Crippen LogP contribution is 2.21. The summed E-state index contributed by atoms with van der Waals surface area (Å²) in [6, 6.07) is 10.0. The Balaban J connectivity index is 1.68. The number of phenols is 1. The van der Waals surface area contributed by atoms with Gasteiger partial charge in [0.15, 0.2) is 0 Å². The number of anilines is 1. The zero-order valence-corrected chi connectivity index (χ0v) is 11.4. The van der Waals surface area contributed by atoms with Gasteiger partial charge in [-0.15, -0.1) is 10.2 Å². The summed E-state index contributed by atoms with van der Waals surface area (Å²) in [4.78, 5) is 17.1. The molecule has 2 aromatic heterocycles. The fourth-order valence-electron chi connectivity index (χ4n) is 1.82. The van der Waals surface area contributed by atoms with Crippen LogP contribution in [0.4, 0.5) is 5.69 Å². The topological polar surface area (TPSA) is 106 Å². The van der Waals surface area contributed by atoms with Crippen molar-refractivity contribution in [3.05, 3.63) is 48.8 Å². The first-order valence-corrected chi connectivity index (χ1v) is 6.48. The highest BCUT2D eigenvalue weighted by molar-refractivity contribution is 5.91. The van der Waals surface area contributed by atoms with Crippen LogP contribution >= 0.6 is 0 Å². The Morgan fingerprint density at radius 2 is 2.09 bits per heavy atom. The number of nitrogens with zero attached hydrogens (tertiary/aromatic N) is 5. The van der Waals surface area contributed by atoms with Crippen molar-refractivity contribution in [1.29, 1.82) is 0 Å². The third-order valence-electron chi connectivity index (χ3n) is 2.84. The van der Waals surface area contributed by atoms with E-state index in [0.717, 1.165) is 5.56 Å². The van der Waals surface area contributed by atoms with E-state index in [1.54, 1.807) is 42.7 Å². The molecular formula is C14H12N6O2. The maximum atomic E-state index is 11.9. The minimum Gasteiger partial charge on any atom is -0.506 e. The van der Waals surface area contributed by atoms with E-state index >= 15 is 0 Å². The Morgan fingerprint density at radius 1 is 1.23 bits per heavy atom. The second kappa shape index (κ2) is 6.00. The molecule has 0 bridgehead atoms. The highest BCUT2D eigenvalue weighted by atomic mass is 16.3. The SMILES string of the molecule is O=C(Cn1nnc(-c2cccnc2)n1)Nc1ccccc1O. The molecule has 0 aliphatic rings. The van der Waals surface area contributed by atoms with Gasteiger partial charge >= 0.3 is 0 Å². The van der Waals surface area contributed by atoms with E-state index in [1.807, 2.05) is 0 Å². The van der Waals surface area contributed by atoms with Crippen molar-refractivity contribution in [3.63, 3.8) is 0 Å². The molecule has 0 fully saturated rings. The van der Waals surface area contributed by atoms with Crippen LogP contribution in [0.5, 0.6) is 5.75 Å². The minimum atomic E-state index is -0.364. The standard InChI is InChI=1S/C14H12N6O2/c21-12-6-2-1-5-11(12)16-13(22)9-20-18-14(17-19-20)10-4-3-7-15-8-10/h1-8,21H,9H2,(H,16,22). The fraction of sp³-hybridized carbons (Fsp3) is 0.0714. The van der Waals surface area contributed by atoms with E-state index in [-0.39, 0.29) is 18.2 Å².